The molecular weight excluding hydrogens is 259 g/mol. The van der Waals surface area contributed by atoms with Crippen LogP contribution >= 0.6 is 0 Å². The van der Waals surface area contributed by atoms with Crippen molar-refractivity contribution in [2.24, 2.45) is 0 Å². The molecule has 2 N–H and O–H groups in total. The molecule has 1 saturated heterocycles. The highest BCUT2D eigenvalue weighted by molar-refractivity contribution is 7.87. The molecule has 1 aliphatic heterocycles. The summed E-state index contributed by atoms with van der Waals surface area (Å²) in [5.74, 6) is 0. The standard InChI is InChI=1S/C8H16F3N3O2S/c1-2-3-14(7-4-12-5-7)17(15,16)13-6-8(9,10)11/h7,12-13H,2-6H2,1H3. The predicted molar refractivity (Wildman–Crippen MR) is 56.6 cm³/mol. The van der Waals surface area contributed by atoms with Gasteiger partial charge in [0.05, 0.1) is 6.04 Å². The van der Waals surface area contributed by atoms with Gasteiger partial charge < -0.3 is 5.32 Å². The smallest absolute Gasteiger partial charge is 0.313 e. The van der Waals surface area contributed by atoms with Crippen molar-refractivity contribution in [1.82, 2.24) is 14.3 Å². The Hall–Kier alpha value is -0.380. The third kappa shape index (κ3) is 4.41. The second-order valence-electron chi connectivity index (χ2n) is 3.86. The molecule has 0 spiro atoms. The maximum Gasteiger partial charge on any atom is 0.402 e. The highest BCUT2D eigenvalue weighted by Gasteiger charge is 2.36. The summed E-state index contributed by atoms with van der Waals surface area (Å²) < 4.78 is 62.0. The van der Waals surface area contributed by atoms with Crippen LogP contribution in [0.3, 0.4) is 0 Å². The fourth-order valence-electron chi connectivity index (χ4n) is 1.45. The lowest BCUT2D eigenvalue weighted by molar-refractivity contribution is -0.121. The van der Waals surface area contributed by atoms with Gasteiger partial charge in [-0.2, -0.15) is 30.6 Å². The third-order valence-electron chi connectivity index (χ3n) is 2.37. The average Bonchev–Trinajstić information content (AvgIpc) is 2.10. The van der Waals surface area contributed by atoms with Gasteiger partial charge in [0.1, 0.15) is 6.54 Å². The van der Waals surface area contributed by atoms with E-state index in [4.69, 9.17) is 0 Å². The summed E-state index contributed by atoms with van der Waals surface area (Å²) in [4.78, 5) is 0. The molecule has 1 aliphatic rings. The highest BCUT2D eigenvalue weighted by atomic mass is 32.2. The molecule has 0 aromatic heterocycles. The average molecular weight is 275 g/mol. The van der Waals surface area contributed by atoms with Gasteiger partial charge in [-0.05, 0) is 6.42 Å². The molecule has 0 amide bonds. The summed E-state index contributed by atoms with van der Waals surface area (Å²) >= 11 is 0. The van der Waals surface area contributed by atoms with Crippen LogP contribution in [0.4, 0.5) is 13.2 Å². The first kappa shape index (κ1) is 14.7. The van der Waals surface area contributed by atoms with Crippen LogP contribution in [-0.4, -0.2) is 51.1 Å². The van der Waals surface area contributed by atoms with E-state index in [0.717, 1.165) is 4.31 Å². The van der Waals surface area contributed by atoms with Gasteiger partial charge in [0, 0.05) is 19.6 Å². The quantitative estimate of drug-likeness (QED) is 0.721. The largest absolute Gasteiger partial charge is 0.402 e. The Labute approximate surface area is 98.5 Å². The molecule has 0 aliphatic carbocycles. The second kappa shape index (κ2) is 5.51. The van der Waals surface area contributed by atoms with E-state index >= 15 is 0 Å². The summed E-state index contributed by atoms with van der Waals surface area (Å²) in [5, 5.41) is 2.89. The molecule has 0 radical (unpaired) electrons. The first-order valence-electron chi connectivity index (χ1n) is 5.30. The van der Waals surface area contributed by atoms with Gasteiger partial charge in [-0.3, -0.25) is 0 Å². The number of nitrogens with zero attached hydrogens (tertiary/aromatic N) is 1. The van der Waals surface area contributed by atoms with Gasteiger partial charge in [0.2, 0.25) is 0 Å². The Morgan fingerprint density at radius 2 is 2.00 bits per heavy atom. The van der Waals surface area contributed by atoms with Crippen LogP contribution in [0.1, 0.15) is 13.3 Å². The van der Waals surface area contributed by atoms with E-state index in [2.05, 4.69) is 5.32 Å². The molecule has 17 heavy (non-hydrogen) atoms. The summed E-state index contributed by atoms with van der Waals surface area (Å²) in [6.07, 6.45) is -3.98. The Bertz CT molecular complexity index is 340. The lowest BCUT2D eigenvalue weighted by Crippen LogP contribution is -2.61. The molecule has 0 saturated carbocycles. The van der Waals surface area contributed by atoms with Crippen LogP contribution in [0.25, 0.3) is 0 Å². The molecule has 0 aromatic rings. The second-order valence-corrected chi connectivity index (χ2v) is 5.57. The topological polar surface area (TPSA) is 61.4 Å². The molecule has 102 valence electrons. The molecule has 9 heteroatoms. The van der Waals surface area contributed by atoms with E-state index in [1.807, 2.05) is 0 Å². The molecule has 5 nitrogen and oxygen atoms in total. The monoisotopic (exact) mass is 275 g/mol. The van der Waals surface area contributed by atoms with Gasteiger partial charge >= 0.3 is 6.18 Å². The molecule has 0 bridgehead atoms. The number of alkyl halides is 3. The normalized spacial score (nSPS) is 18.4. The Kier molecular flexibility index (Phi) is 4.76. The minimum absolute atomic E-state index is 0.222. The molecule has 1 fully saturated rings. The molecule has 0 aromatic carbocycles. The Morgan fingerprint density at radius 3 is 2.35 bits per heavy atom. The number of nitrogens with one attached hydrogen (secondary N) is 2. The van der Waals surface area contributed by atoms with Crippen LogP contribution in [0.2, 0.25) is 0 Å². The van der Waals surface area contributed by atoms with Crippen molar-refractivity contribution in [1.29, 1.82) is 0 Å². The third-order valence-corrected chi connectivity index (χ3v) is 3.98. The molecule has 1 rings (SSSR count). The zero-order valence-electron chi connectivity index (χ0n) is 9.42. The maximum absolute atomic E-state index is 12.0. The SMILES string of the molecule is CCCN(C1CNC1)S(=O)(=O)NCC(F)(F)F. The lowest BCUT2D eigenvalue weighted by Gasteiger charge is -2.37. The molecule has 0 atom stereocenters. The van der Waals surface area contributed by atoms with Crippen molar-refractivity contribution in [3.63, 3.8) is 0 Å². The zero-order valence-corrected chi connectivity index (χ0v) is 10.2. The van der Waals surface area contributed by atoms with Crippen molar-refractivity contribution < 1.29 is 21.6 Å². The number of hydrogen-bond donors (Lipinski definition) is 2. The summed E-state index contributed by atoms with van der Waals surface area (Å²) in [6.45, 7) is 1.42. The van der Waals surface area contributed by atoms with Crippen molar-refractivity contribution in [3.05, 3.63) is 0 Å². The van der Waals surface area contributed by atoms with Gasteiger partial charge in [-0.1, -0.05) is 6.92 Å². The predicted octanol–water partition coefficient (Wildman–Crippen LogP) is 0.0669. The Morgan fingerprint density at radius 1 is 1.41 bits per heavy atom. The van der Waals surface area contributed by atoms with Crippen molar-refractivity contribution >= 4 is 10.2 Å². The summed E-state index contributed by atoms with van der Waals surface area (Å²) in [5.41, 5.74) is 0. The first-order chi connectivity index (χ1) is 7.76. The molecular formula is C8H16F3N3O2S. The van der Waals surface area contributed by atoms with Crippen LogP contribution in [0, 0.1) is 0 Å². The van der Waals surface area contributed by atoms with Crippen LogP contribution in [0.15, 0.2) is 0 Å². The van der Waals surface area contributed by atoms with E-state index in [1.54, 1.807) is 11.6 Å². The van der Waals surface area contributed by atoms with Crippen molar-refractivity contribution in [2.75, 3.05) is 26.2 Å². The van der Waals surface area contributed by atoms with Gasteiger partial charge in [-0.25, -0.2) is 0 Å². The minimum Gasteiger partial charge on any atom is -0.313 e. The number of hydrogen-bond acceptors (Lipinski definition) is 3. The van der Waals surface area contributed by atoms with Gasteiger partial charge in [0.25, 0.3) is 10.2 Å². The van der Waals surface area contributed by atoms with E-state index < -0.39 is 22.9 Å². The lowest BCUT2D eigenvalue weighted by atomic mass is 10.2. The van der Waals surface area contributed by atoms with Gasteiger partial charge in [0.15, 0.2) is 0 Å². The number of halogens is 3. The van der Waals surface area contributed by atoms with Crippen molar-refractivity contribution in [3.8, 4) is 0 Å². The summed E-state index contributed by atoms with van der Waals surface area (Å²) in [7, 11) is -4.05. The fourth-order valence-corrected chi connectivity index (χ4v) is 2.93. The molecule has 0 unspecified atom stereocenters. The minimum atomic E-state index is -4.54. The number of rotatable bonds is 6. The van der Waals surface area contributed by atoms with Crippen LogP contribution in [-0.2, 0) is 10.2 Å². The van der Waals surface area contributed by atoms with Crippen LogP contribution in [0.5, 0.6) is 0 Å². The summed E-state index contributed by atoms with van der Waals surface area (Å²) in [6, 6.07) is -0.249. The molecule has 1 heterocycles. The fraction of sp³-hybridized carbons (Fsp3) is 1.00. The van der Waals surface area contributed by atoms with Crippen molar-refractivity contribution in [2.45, 2.75) is 25.6 Å². The van der Waals surface area contributed by atoms with Crippen LogP contribution < -0.4 is 10.0 Å². The van der Waals surface area contributed by atoms with E-state index in [-0.39, 0.29) is 12.6 Å². The van der Waals surface area contributed by atoms with E-state index in [1.165, 1.54) is 0 Å². The zero-order chi connectivity index (χ0) is 13.1. The first-order valence-corrected chi connectivity index (χ1v) is 6.74. The highest BCUT2D eigenvalue weighted by Crippen LogP contribution is 2.15. The maximum atomic E-state index is 12.0. The Balaban J connectivity index is 2.63. The van der Waals surface area contributed by atoms with Gasteiger partial charge in [-0.15, -0.1) is 0 Å². The van der Waals surface area contributed by atoms with E-state index in [0.29, 0.717) is 19.5 Å². The van der Waals surface area contributed by atoms with E-state index in [9.17, 15) is 21.6 Å².